The average molecular weight is 272 g/mol. The average Bonchev–Trinajstić information content (AvgIpc) is 2.36. The Morgan fingerprint density at radius 3 is 2.50 bits per heavy atom. The number of nitrogens with one attached hydrogen (secondary N) is 1. The monoisotopic (exact) mass is 271 g/mol. The van der Waals surface area contributed by atoms with Gasteiger partial charge in [-0.2, -0.15) is 0 Å². The van der Waals surface area contributed by atoms with Crippen LogP contribution in [0.4, 0.5) is 0 Å². The van der Waals surface area contributed by atoms with Crippen molar-refractivity contribution in [3.05, 3.63) is 29.3 Å². The molecule has 0 aromatic heterocycles. The predicted octanol–water partition coefficient (Wildman–Crippen LogP) is 2.86. The summed E-state index contributed by atoms with van der Waals surface area (Å²) in [5, 5.41) is 13.8. The summed E-state index contributed by atoms with van der Waals surface area (Å²) in [6, 6.07) is 7.11. The van der Waals surface area contributed by atoms with Crippen molar-refractivity contribution in [2.24, 2.45) is 0 Å². The van der Waals surface area contributed by atoms with Crippen LogP contribution >= 0.6 is 11.6 Å². The third kappa shape index (κ3) is 5.71. The fraction of sp³-hybridized carbons (Fsp3) is 0.571. The van der Waals surface area contributed by atoms with Gasteiger partial charge in [-0.1, -0.05) is 18.5 Å². The molecule has 18 heavy (non-hydrogen) atoms. The van der Waals surface area contributed by atoms with E-state index in [2.05, 4.69) is 26.1 Å². The first-order valence-electron chi connectivity index (χ1n) is 6.24. The molecular weight excluding hydrogens is 250 g/mol. The third-order valence-corrected chi connectivity index (χ3v) is 3.21. The Balaban J connectivity index is 2.29. The lowest BCUT2D eigenvalue weighted by Gasteiger charge is -2.26. The molecule has 1 atom stereocenters. The Kier molecular flexibility index (Phi) is 5.93. The molecule has 0 radical (unpaired) electrons. The highest BCUT2D eigenvalue weighted by Crippen LogP contribution is 2.15. The van der Waals surface area contributed by atoms with Crippen molar-refractivity contribution in [2.75, 3.05) is 13.2 Å². The Hall–Kier alpha value is -0.770. The molecule has 0 aliphatic rings. The molecule has 0 heterocycles. The van der Waals surface area contributed by atoms with Gasteiger partial charge in [0, 0.05) is 17.1 Å². The van der Waals surface area contributed by atoms with Crippen LogP contribution in [-0.2, 0) is 0 Å². The van der Waals surface area contributed by atoms with Crippen LogP contribution in [0, 0.1) is 0 Å². The number of β-amino-alcohol motifs (C(OH)–C–C–N with tert-alkyl or cyclic N) is 1. The van der Waals surface area contributed by atoms with E-state index in [1.54, 1.807) is 24.3 Å². The maximum atomic E-state index is 9.81. The van der Waals surface area contributed by atoms with Gasteiger partial charge < -0.3 is 15.2 Å². The summed E-state index contributed by atoms with van der Waals surface area (Å²) >= 11 is 5.78. The third-order valence-electron chi connectivity index (χ3n) is 2.96. The van der Waals surface area contributed by atoms with Gasteiger partial charge in [0.05, 0.1) is 0 Å². The van der Waals surface area contributed by atoms with E-state index in [1.807, 2.05) is 0 Å². The molecule has 0 bridgehead atoms. The van der Waals surface area contributed by atoms with Gasteiger partial charge >= 0.3 is 0 Å². The molecule has 0 spiro atoms. The summed E-state index contributed by atoms with van der Waals surface area (Å²) in [4.78, 5) is 0. The van der Waals surface area contributed by atoms with E-state index < -0.39 is 6.10 Å². The number of ether oxygens (including phenoxy) is 1. The molecule has 1 rings (SSSR count). The first-order chi connectivity index (χ1) is 8.43. The number of hydrogen-bond acceptors (Lipinski definition) is 3. The predicted molar refractivity (Wildman–Crippen MR) is 75.3 cm³/mol. The van der Waals surface area contributed by atoms with Crippen LogP contribution in [0.3, 0.4) is 0 Å². The van der Waals surface area contributed by atoms with Gasteiger partial charge in [-0.25, -0.2) is 0 Å². The minimum Gasteiger partial charge on any atom is -0.491 e. The largest absolute Gasteiger partial charge is 0.491 e. The van der Waals surface area contributed by atoms with Crippen LogP contribution in [0.5, 0.6) is 5.75 Å². The molecular formula is C14H22ClNO2. The zero-order valence-electron chi connectivity index (χ0n) is 11.2. The molecule has 102 valence electrons. The molecule has 1 aromatic carbocycles. The Morgan fingerprint density at radius 1 is 1.33 bits per heavy atom. The minimum atomic E-state index is -0.522. The molecule has 1 aromatic rings. The summed E-state index contributed by atoms with van der Waals surface area (Å²) in [6.45, 7) is 7.13. The summed E-state index contributed by atoms with van der Waals surface area (Å²) in [6.07, 6.45) is 0.490. The molecule has 4 heteroatoms. The van der Waals surface area contributed by atoms with Crippen molar-refractivity contribution < 1.29 is 9.84 Å². The molecule has 1 unspecified atom stereocenters. The van der Waals surface area contributed by atoms with Gasteiger partial charge in [-0.05, 0) is 44.5 Å². The van der Waals surface area contributed by atoms with E-state index in [0.717, 1.165) is 6.42 Å². The molecule has 0 aliphatic heterocycles. The molecule has 0 saturated heterocycles. The fourth-order valence-corrected chi connectivity index (χ4v) is 1.43. The SMILES string of the molecule is CCC(C)(C)NCC(O)COc1ccc(Cl)cc1. The van der Waals surface area contributed by atoms with Crippen LogP contribution in [0.15, 0.2) is 24.3 Å². The topological polar surface area (TPSA) is 41.5 Å². The molecule has 3 nitrogen and oxygen atoms in total. The van der Waals surface area contributed by atoms with Crippen molar-refractivity contribution in [1.82, 2.24) is 5.32 Å². The van der Waals surface area contributed by atoms with E-state index in [9.17, 15) is 5.11 Å². The van der Waals surface area contributed by atoms with Crippen molar-refractivity contribution >= 4 is 11.6 Å². The standard InChI is InChI=1S/C14H22ClNO2/c1-4-14(2,3)16-9-12(17)10-18-13-7-5-11(15)6-8-13/h5-8,12,16-17H,4,9-10H2,1-3H3. The molecule has 0 fully saturated rings. The number of hydrogen-bond donors (Lipinski definition) is 2. The lowest BCUT2D eigenvalue weighted by atomic mass is 10.0. The van der Waals surface area contributed by atoms with Crippen molar-refractivity contribution in [1.29, 1.82) is 0 Å². The molecule has 0 saturated carbocycles. The number of aliphatic hydroxyl groups excluding tert-OH is 1. The second kappa shape index (κ2) is 6.98. The van der Waals surface area contributed by atoms with Crippen molar-refractivity contribution in [3.8, 4) is 5.75 Å². The van der Waals surface area contributed by atoms with Gasteiger partial charge in [0.15, 0.2) is 0 Å². The maximum Gasteiger partial charge on any atom is 0.119 e. The van der Waals surface area contributed by atoms with Gasteiger partial charge in [-0.15, -0.1) is 0 Å². The van der Waals surface area contributed by atoms with Crippen LogP contribution in [0.2, 0.25) is 5.02 Å². The van der Waals surface area contributed by atoms with Crippen LogP contribution < -0.4 is 10.1 Å². The zero-order valence-corrected chi connectivity index (χ0v) is 12.0. The fourth-order valence-electron chi connectivity index (χ4n) is 1.30. The molecule has 0 aliphatic carbocycles. The summed E-state index contributed by atoms with van der Waals surface area (Å²) in [5.74, 6) is 0.716. The van der Waals surface area contributed by atoms with Crippen LogP contribution in [0.1, 0.15) is 27.2 Å². The number of aliphatic hydroxyl groups is 1. The maximum absolute atomic E-state index is 9.81. The number of benzene rings is 1. The van der Waals surface area contributed by atoms with Crippen LogP contribution in [-0.4, -0.2) is 29.9 Å². The number of halogens is 1. The molecule has 0 amide bonds. The lowest BCUT2D eigenvalue weighted by molar-refractivity contribution is 0.0985. The van der Waals surface area contributed by atoms with Crippen molar-refractivity contribution in [3.63, 3.8) is 0 Å². The first kappa shape index (κ1) is 15.3. The minimum absolute atomic E-state index is 0.0429. The van der Waals surface area contributed by atoms with Crippen LogP contribution in [0.25, 0.3) is 0 Å². The second-order valence-corrected chi connectivity index (χ2v) is 5.47. The quantitative estimate of drug-likeness (QED) is 0.801. The van der Waals surface area contributed by atoms with Gasteiger partial charge in [0.2, 0.25) is 0 Å². The second-order valence-electron chi connectivity index (χ2n) is 5.04. The van der Waals surface area contributed by atoms with E-state index >= 15 is 0 Å². The highest BCUT2D eigenvalue weighted by Gasteiger charge is 2.16. The Bertz CT molecular complexity index is 351. The Morgan fingerprint density at radius 2 is 1.94 bits per heavy atom. The van der Waals surface area contributed by atoms with Crippen molar-refractivity contribution in [2.45, 2.75) is 38.8 Å². The van der Waals surface area contributed by atoms with Gasteiger partial charge in [-0.3, -0.25) is 0 Å². The smallest absolute Gasteiger partial charge is 0.119 e. The van der Waals surface area contributed by atoms with E-state index in [1.165, 1.54) is 0 Å². The van der Waals surface area contributed by atoms with Gasteiger partial charge in [0.25, 0.3) is 0 Å². The highest BCUT2D eigenvalue weighted by molar-refractivity contribution is 6.30. The van der Waals surface area contributed by atoms with E-state index in [0.29, 0.717) is 17.3 Å². The number of rotatable bonds is 7. The summed E-state index contributed by atoms with van der Waals surface area (Å²) in [7, 11) is 0. The van der Waals surface area contributed by atoms with Gasteiger partial charge in [0.1, 0.15) is 18.5 Å². The summed E-state index contributed by atoms with van der Waals surface area (Å²) < 4.78 is 5.47. The normalized spacial score (nSPS) is 13.4. The Labute approximate surface area is 114 Å². The first-order valence-corrected chi connectivity index (χ1v) is 6.62. The highest BCUT2D eigenvalue weighted by atomic mass is 35.5. The van der Waals surface area contributed by atoms with E-state index in [4.69, 9.17) is 16.3 Å². The molecule has 2 N–H and O–H groups in total. The van der Waals surface area contributed by atoms with E-state index in [-0.39, 0.29) is 12.1 Å². The lowest BCUT2D eigenvalue weighted by Crippen LogP contribution is -2.44. The zero-order chi connectivity index (χ0) is 13.6. The summed E-state index contributed by atoms with van der Waals surface area (Å²) in [5.41, 5.74) is 0.0429.